The van der Waals surface area contributed by atoms with E-state index < -0.39 is 35.8 Å². The van der Waals surface area contributed by atoms with E-state index in [0.29, 0.717) is 20.5 Å². The van der Waals surface area contributed by atoms with Gasteiger partial charge in [0.25, 0.3) is 5.56 Å². The Labute approximate surface area is 184 Å². The van der Waals surface area contributed by atoms with Gasteiger partial charge in [-0.15, -0.1) is 11.3 Å². The maximum Gasteiger partial charge on any atom is 0.416 e. The third kappa shape index (κ3) is 4.48. The molecule has 1 aromatic carbocycles. The number of carboxylic acids is 1. The predicted octanol–water partition coefficient (Wildman–Crippen LogP) is 3.31. The predicted molar refractivity (Wildman–Crippen MR) is 110 cm³/mol. The minimum Gasteiger partial charge on any atom is -0.479 e. The number of aliphatic carboxylic acids is 1. The summed E-state index contributed by atoms with van der Waals surface area (Å²) >= 11 is 2.36. The number of rotatable bonds is 6. The fourth-order valence-corrected chi connectivity index (χ4v) is 4.75. The van der Waals surface area contributed by atoms with Crippen LogP contribution in [0.4, 0.5) is 13.2 Å². The molecule has 0 aliphatic rings. The number of carbonyl (C=O) groups excluding carboxylic acids is 1. The first-order valence-corrected chi connectivity index (χ1v) is 10.7. The van der Waals surface area contributed by atoms with Crippen LogP contribution < -0.4 is 5.56 Å². The molecule has 0 bridgehead atoms. The van der Waals surface area contributed by atoms with Gasteiger partial charge in [0.1, 0.15) is 5.01 Å². The van der Waals surface area contributed by atoms with E-state index in [0.717, 1.165) is 28.2 Å². The van der Waals surface area contributed by atoms with Crippen LogP contribution in [0.5, 0.6) is 0 Å². The van der Waals surface area contributed by atoms with E-state index in [-0.39, 0.29) is 24.2 Å². The third-order valence-corrected chi connectivity index (χ3v) is 6.16. The minimum atomic E-state index is -4.50. The van der Waals surface area contributed by atoms with Crippen molar-refractivity contribution in [2.45, 2.75) is 19.1 Å². The number of esters is 1. The molecular weight excluding hydrogens is 471 g/mol. The molecular formula is C19H12F3N3O5S2. The summed E-state index contributed by atoms with van der Waals surface area (Å²) in [6.07, 6.45) is -4.85. The number of hydrogen-bond donors (Lipinski definition) is 1. The number of carboxylic acid groups (broad SMARTS) is 1. The maximum atomic E-state index is 12.9. The van der Waals surface area contributed by atoms with Crippen molar-refractivity contribution in [2.75, 3.05) is 6.61 Å². The number of thiophene rings is 1. The van der Waals surface area contributed by atoms with E-state index in [4.69, 9.17) is 5.11 Å². The summed E-state index contributed by atoms with van der Waals surface area (Å²) in [7, 11) is 0. The Balaban J connectivity index is 1.67. The Morgan fingerprint density at radius 2 is 1.94 bits per heavy atom. The lowest BCUT2D eigenvalue weighted by molar-refractivity contribution is -0.154. The van der Waals surface area contributed by atoms with Crippen molar-refractivity contribution in [3.8, 4) is 0 Å². The Morgan fingerprint density at radius 3 is 2.66 bits per heavy atom. The molecule has 0 spiro atoms. The number of aromatic nitrogens is 3. The summed E-state index contributed by atoms with van der Waals surface area (Å²) in [5, 5.41) is 17.2. The molecule has 0 unspecified atom stereocenters. The number of benzene rings is 1. The first-order chi connectivity index (χ1) is 15.1. The van der Waals surface area contributed by atoms with Gasteiger partial charge in [0.15, 0.2) is 6.61 Å². The fourth-order valence-electron chi connectivity index (χ4n) is 2.99. The number of ether oxygens (including phenoxy) is 1. The summed E-state index contributed by atoms with van der Waals surface area (Å²) < 4.78 is 45.1. The second-order valence-corrected chi connectivity index (χ2v) is 8.49. The first kappa shape index (κ1) is 21.9. The van der Waals surface area contributed by atoms with E-state index in [2.05, 4.69) is 14.8 Å². The lowest BCUT2D eigenvalue weighted by Gasteiger charge is -2.08. The van der Waals surface area contributed by atoms with Crippen molar-refractivity contribution in [1.82, 2.24) is 14.8 Å². The number of alkyl halides is 3. The van der Waals surface area contributed by atoms with Crippen molar-refractivity contribution in [2.24, 2.45) is 0 Å². The average molecular weight is 483 g/mol. The summed E-state index contributed by atoms with van der Waals surface area (Å²) in [5.74, 6) is -2.13. The quantitative estimate of drug-likeness (QED) is 0.419. The monoisotopic (exact) mass is 483 g/mol. The highest BCUT2D eigenvalue weighted by Gasteiger charge is 2.30. The molecule has 0 atom stereocenters. The summed E-state index contributed by atoms with van der Waals surface area (Å²) in [6, 6.07) is 3.23. The highest BCUT2D eigenvalue weighted by molar-refractivity contribution is 7.18. The second kappa shape index (κ2) is 8.31. The normalized spacial score (nSPS) is 11.8. The van der Waals surface area contributed by atoms with Crippen LogP contribution in [-0.4, -0.2) is 38.4 Å². The van der Waals surface area contributed by atoms with Crippen molar-refractivity contribution < 1.29 is 32.6 Å². The molecule has 166 valence electrons. The smallest absolute Gasteiger partial charge is 0.416 e. The van der Waals surface area contributed by atoms with Crippen molar-refractivity contribution in [3.05, 3.63) is 55.6 Å². The Morgan fingerprint density at radius 1 is 1.19 bits per heavy atom. The lowest BCUT2D eigenvalue weighted by Crippen LogP contribution is -2.26. The van der Waals surface area contributed by atoms with E-state index in [1.165, 1.54) is 17.4 Å². The van der Waals surface area contributed by atoms with Crippen LogP contribution in [0.1, 0.15) is 16.3 Å². The number of fused-ring (bicyclic) bond motifs is 2. The molecule has 8 nitrogen and oxygen atoms in total. The lowest BCUT2D eigenvalue weighted by atomic mass is 10.2. The Bertz CT molecular complexity index is 1410. The van der Waals surface area contributed by atoms with Gasteiger partial charge in [-0.25, -0.2) is 14.5 Å². The van der Waals surface area contributed by atoms with Gasteiger partial charge in [-0.05, 0) is 18.2 Å². The van der Waals surface area contributed by atoms with Gasteiger partial charge in [-0.2, -0.15) is 29.6 Å². The third-order valence-electron chi connectivity index (χ3n) is 4.39. The van der Waals surface area contributed by atoms with E-state index in [9.17, 15) is 27.6 Å². The molecule has 0 amide bonds. The van der Waals surface area contributed by atoms with Gasteiger partial charge in [0, 0.05) is 16.1 Å². The largest absolute Gasteiger partial charge is 0.479 e. The summed E-state index contributed by atoms with van der Waals surface area (Å²) in [5.41, 5.74) is -0.892. The minimum absolute atomic E-state index is 0.109. The van der Waals surface area contributed by atoms with Crippen LogP contribution >= 0.6 is 22.7 Å². The average Bonchev–Trinajstić information content (AvgIpc) is 3.35. The zero-order chi connectivity index (χ0) is 23.0. The van der Waals surface area contributed by atoms with Gasteiger partial charge < -0.3 is 9.84 Å². The molecule has 4 aromatic rings. The molecule has 32 heavy (non-hydrogen) atoms. The van der Waals surface area contributed by atoms with Crippen molar-refractivity contribution in [1.29, 1.82) is 0 Å². The molecule has 0 fully saturated rings. The SMILES string of the molecule is O=C(O)COC(=O)Cc1nn(Cc2nc3cc(C(F)(F)F)ccc3s2)c(=O)c2cscc12. The van der Waals surface area contributed by atoms with Crippen LogP contribution in [0, 0.1) is 0 Å². The zero-order valence-corrected chi connectivity index (χ0v) is 17.5. The molecule has 0 saturated carbocycles. The molecule has 13 heteroatoms. The molecule has 0 saturated heterocycles. The highest BCUT2D eigenvalue weighted by Crippen LogP contribution is 2.33. The Hall–Kier alpha value is -3.32. The van der Waals surface area contributed by atoms with Crippen LogP contribution in [0.3, 0.4) is 0 Å². The van der Waals surface area contributed by atoms with Crippen molar-refractivity contribution in [3.63, 3.8) is 0 Å². The van der Waals surface area contributed by atoms with Crippen LogP contribution in [-0.2, 0) is 33.5 Å². The second-order valence-electron chi connectivity index (χ2n) is 6.63. The standard InChI is InChI=1S/C19H12F3N3O5S2/c20-19(21,22)9-1-2-14-13(3-9)23-15(32-14)5-25-18(29)11-8-31-7-10(11)12(24-25)4-17(28)30-6-16(26)27/h1-3,7-8H,4-6H2,(H,26,27). The van der Waals surface area contributed by atoms with Gasteiger partial charge in [-0.3, -0.25) is 9.59 Å². The topological polar surface area (TPSA) is 111 Å². The number of thiazole rings is 1. The molecule has 4 rings (SSSR count). The van der Waals surface area contributed by atoms with Crippen molar-refractivity contribution >= 4 is 55.6 Å². The van der Waals surface area contributed by atoms with E-state index >= 15 is 0 Å². The molecule has 0 radical (unpaired) electrons. The van der Waals surface area contributed by atoms with Crippen LogP contribution in [0.2, 0.25) is 0 Å². The van der Waals surface area contributed by atoms with E-state index in [1.807, 2.05) is 0 Å². The fraction of sp³-hybridized carbons (Fsp3) is 0.211. The molecule has 0 aliphatic carbocycles. The summed E-state index contributed by atoms with van der Waals surface area (Å²) in [6.45, 7) is -0.903. The first-order valence-electron chi connectivity index (χ1n) is 8.92. The van der Waals surface area contributed by atoms with Gasteiger partial charge in [-0.1, -0.05) is 0 Å². The molecule has 1 N–H and O–H groups in total. The van der Waals surface area contributed by atoms with Crippen LogP contribution in [0.15, 0.2) is 33.8 Å². The molecule has 3 heterocycles. The number of halogens is 3. The van der Waals surface area contributed by atoms with Gasteiger partial charge in [0.05, 0.1) is 39.8 Å². The van der Waals surface area contributed by atoms with Crippen LogP contribution in [0.25, 0.3) is 21.0 Å². The Kier molecular flexibility index (Phi) is 5.69. The maximum absolute atomic E-state index is 12.9. The zero-order valence-electron chi connectivity index (χ0n) is 15.9. The summed E-state index contributed by atoms with van der Waals surface area (Å²) in [4.78, 5) is 39.5. The molecule has 0 aliphatic heterocycles. The highest BCUT2D eigenvalue weighted by atomic mass is 32.1. The number of hydrogen-bond acceptors (Lipinski definition) is 8. The number of nitrogens with zero attached hydrogens (tertiary/aromatic N) is 3. The van der Waals surface area contributed by atoms with Gasteiger partial charge in [0.2, 0.25) is 0 Å². The van der Waals surface area contributed by atoms with Gasteiger partial charge >= 0.3 is 18.1 Å². The molecule has 3 aromatic heterocycles. The number of carbonyl (C=O) groups is 2. The van der Waals surface area contributed by atoms with E-state index in [1.54, 1.807) is 10.8 Å².